The van der Waals surface area contributed by atoms with E-state index in [2.05, 4.69) is 20.6 Å². The number of rotatable bonds is 4. The first kappa shape index (κ1) is 16.7. The van der Waals surface area contributed by atoms with E-state index in [1.807, 2.05) is 58.0 Å². The van der Waals surface area contributed by atoms with Crippen LogP contribution in [0.3, 0.4) is 0 Å². The van der Waals surface area contributed by atoms with Crippen LogP contribution in [0.15, 0.2) is 36.5 Å². The number of carbonyl (C=O) groups is 1. The molecular weight excluding hydrogens is 292 g/mol. The van der Waals surface area contributed by atoms with Crippen LogP contribution in [0.5, 0.6) is 0 Å². The Morgan fingerprint density at radius 3 is 2.74 bits per heavy atom. The number of carbonyl (C=O) groups excluding carboxylic acids is 1. The van der Waals surface area contributed by atoms with E-state index >= 15 is 0 Å². The van der Waals surface area contributed by atoms with Crippen LogP contribution in [0.2, 0.25) is 0 Å². The molecule has 0 aliphatic heterocycles. The Morgan fingerprint density at radius 1 is 1.26 bits per heavy atom. The minimum atomic E-state index is -0.504. The second-order valence-corrected chi connectivity index (χ2v) is 6.20. The number of alkyl carbamates (subject to hydrolysis) is 1. The normalized spacial score (nSPS) is 11.0. The number of aryl methyl sites for hydroxylation is 1. The predicted molar refractivity (Wildman–Crippen MR) is 89.6 cm³/mol. The van der Waals surface area contributed by atoms with Crippen molar-refractivity contribution in [3.05, 3.63) is 47.8 Å². The number of amides is 1. The molecule has 6 nitrogen and oxygen atoms in total. The molecule has 0 aliphatic rings. The number of nitrogens with zero attached hydrogens (tertiary/aromatic N) is 2. The van der Waals surface area contributed by atoms with Crippen LogP contribution in [-0.4, -0.2) is 21.7 Å². The number of aromatic nitrogens is 2. The van der Waals surface area contributed by atoms with Crippen LogP contribution in [0.1, 0.15) is 32.0 Å². The highest BCUT2D eigenvalue weighted by molar-refractivity contribution is 5.67. The third kappa shape index (κ3) is 5.94. The fourth-order valence-electron chi connectivity index (χ4n) is 1.89. The van der Waals surface area contributed by atoms with Crippen molar-refractivity contribution in [3.8, 4) is 0 Å². The first-order valence-electron chi connectivity index (χ1n) is 7.44. The van der Waals surface area contributed by atoms with Gasteiger partial charge in [0.2, 0.25) is 5.95 Å². The maximum Gasteiger partial charge on any atom is 0.407 e. The third-order valence-corrected chi connectivity index (χ3v) is 2.81. The van der Waals surface area contributed by atoms with E-state index in [1.54, 1.807) is 6.20 Å². The summed E-state index contributed by atoms with van der Waals surface area (Å²) in [5.74, 6) is 0.544. The summed E-state index contributed by atoms with van der Waals surface area (Å²) in [7, 11) is 0. The molecule has 23 heavy (non-hydrogen) atoms. The first-order valence-corrected chi connectivity index (χ1v) is 7.44. The fourth-order valence-corrected chi connectivity index (χ4v) is 1.89. The van der Waals surface area contributed by atoms with Gasteiger partial charge in [0, 0.05) is 24.1 Å². The minimum absolute atomic E-state index is 0.388. The fraction of sp³-hybridized carbons (Fsp3) is 0.353. The van der Waals surface area contributed by atoms with Crippen LogP contribution in [0.4, 0.5) is 16.4 Å². The summed E-state index contributed by atoms with van der Waals surface area (Å²) in [6.07, 6.45) is 1.27. The molecule has 1 heterocycles. The van der Waals surface area contributed by atoms with Gasteiger partial charge in [-0.2, -0.15) is 0 Å². The molecule has 1 aromatic carbocycles. The standard InChI is InChI=1S/C17H22N4O2/c1-12-8-9-18-15(20-12)21-14-7-5-6-13(10-14)11-19-16(22)23-17(2,3)4/h5-10H,11H2,1-4H3,(H,19,22)(H,18,20,21). The predicted octanol–water partition coefficient (Wildman–Crippen LogP) is 3.55. The molecule has 0 radical (unpaired) electrons. The topological polar surface area (TPSA) is 76.1 Å². The second kappa shape index (κ2) is 7.09. The highest BCUT2D eigenvalue weighted by atomic mass is 16.6. The van der Waals surface area contributed by atoms with Crippen molar-refractivity contribution in [2.45, 2.75) is 39.8 Å². The molecule has 6 heteroatoms. The van der Waals surface area contributed by atoms with E-state index in [0.29, 0.717) is 12.5 Å². The van der Waals surface area contributed by atoms with Gasteiger partial charge in [-0.1, -0.05) is 12.1 Å². The molecule has 0 fully saturated rings. The van der Waals surface area contributed by atoms with E-state index < -0.39 is 11.7 Å². The Hall–Kier alpha value is -2.63. The average molecular weight is 314 g/mol. The number of hydrogen-bond acceptors (Lipinski definition) is 5. The third-order valence-electron chi connectivity index (χ3n) is 2.81. The van der Waals surface area contributed by atoms with Crippen molar-refractivity contribution in [1.29, 1.82) is 0 Å². The molecule has 0 bridgehead atoms. The van der Waals surface area contributed by atoms with Gasteiger partial charge in [-0.05, 0) is 51.5 Å². The van der Waals surface area contributed by atoms with Crippen LogP contribution >= 0.6 is 0 Å². The van der Waals surface area contributed by atoms with Gasteiger partial charge in [-0.3, -0.25) is 0 Å². The summed E-state index contributed by atoms with van der Waals surface area (Å²) in [5.41, 5.74) is 2.20. The molecule has 0 saturated heterocycles. The lowest BCUT2D eigenvalue weighted by atomic mass is 10.2. The van der Waals surface area contributed by atoms with Gasteiger partial charge in [-0.25, -0.2) is 14.8 Å². The van der Waals surface area contributed by atoms with E-state index in [1.165, 1.54) is 0 Å². The van der Waals surface area contributed by atoms with Crippen molar-refractivity contribution in [2.24, 2.45) is 0 Å². The van der Waals surface area contributed by atoms with Crippen LogP contribution < -0.4 is 10.6 Å². The molecule has 1 amide bonds. The molecule has 2 rings (SSSR count). The van der Waals surface area contributed by atoms with Gasteiger partial charge in [0.15, 0.2) is 0 Å². The van der Waals surface area contributed by atoms with E-state index in [-0.39, 0.29) is 0 Å². The maximum atomic E-state index is 11.7. The molecular formula is C17H22N4O2. The SMILES string of the molecule is Cc1ccnc(Nc2cccc(CNC(=O)OC(C)(C)C)c2)n1. The number of nitrogens with one attached hydrogen (secondary N) is 2. The number of anilines is 2. The Labute approximate surface area is 136 Å². The first-order chi connectivity index (χ1) is 10.8. The van der Waals surface area contributed by atoms with Gasteiger partial charge in [0.1, 0.15) is 5.60 Å². The highest BCUT2D eigenvalue weighted by Gasteiger charge is 2.15. The van der Waals surface area contributed by atoms with Crippen LogP contribution in [0, 0.1) is 6.92 Å². The number of ether oxygens (including phenoxy) is 1. The molecule has 0 aliphatic carbocycles. The van der Waals surface area contributed by atoms with Crippen molar-refractivity contribution >= 4 is 17.7 Å². The lowest BCUT2D eigenvalue weighted by Crippen LogP contribution is -2.32. The Kier molecular flexibility index (Phi) is 5.16. The summed E-state index contributed by atoms with van der Waals surface area (Å²) < 4.78 is 5.21. The van der Waals surface area contributed by atoms with Gasteiger partial charge in [0.05, 0.1) is 0 Å². The lowest BCUT2D eigenvalue weighted by Gasteiger charge is -2.19. The molecule has 0 spiro atoms. The molecule has 1 aromatic heterocycles. The molecule has 0 atom stereocenters. The zero-order valence-electron chi connectivity index (χ0n) is 13.9. The van der Waals surface area contributed by atoms with E-state index in [0.717, 1.165) is 16.9 Å². The number of benzene rings is 1. The van der Waals surface area contributed by atoms with Crippen molar-refractivity contribution in [3.63, 3.8) is 0 Å². The second-order valence-electron chi connectivity index (χ2n) is 6.20. The van der Waals surface area contributed by atoms with E-state index in [9.17, 15) is 4.79 Å². The summed E-state index contributed by atoms with van der Waals surface area (Å²) in [6.45, 7) is 7.80. The molecule has 0 saturated carbocycles. The monoisotopic (exact) mass is 314 g/mol. The van der Waals surface area contributed by atoms with Gasteiger partial charge >= 0.3 is 6.09 Å². The highest BCUT2D eigenvalue weighted by Crippen LogP contribution is 2.15. The molecule has 122 valence electrons. The van der Waals surface area contributed by atoms with Crippen LogP contribution in [0.25, 0.3) is 0 Å². The lowest BCUT2D eigenvalue weighted by molar-refractivity contribution is 0.0523. The number of hydrogen-bond donors (Lipinski definition) is 2. The van der Waals surface area contributed by atoms with Crippen molar-refractivity contribution in [2.75, 3.05) is 5.32 Å². The molecule has 2 aromatic rings. The zero-order chi connectivity index (χ0) is 16.9. The quantitative estimate of drug-likeness (QED) is 0.902. The van der Waals surface area contributed by atoms with Gasteiger partial charge in [-0.15, -0.1) is 0 Å². The minimum Gasteiger partial charge on any atom is -0.444 e. The smallest absolute Gasteiger partial charge is 0.407 e. The van der Waals surface area contributed by atoms with E-state index in [4.69, 9.17) is 4.74 Å². The Balaban J connectivity index is 1.96. The largest absolute Gasteiger partial charge is 0.444 e. The maximum absolute atomic E-state index is 11.7. The van der Waals surface area contributed by atoms with Crippen molar-refractivity contribution < 1.29 is 9.53 Å². The average Bonchev–Trinajstić information content (AvgIpc) is 2.44. The zero-order valence-corrected chi connectivity index (χ0v) is 13.9. The van der Waals surface area contributed by atoms with Gasteiger partial charge < -0.3 is 15.4 Å². The summed E-state index contributed by atoms with van der Waals surface area (Å²) >= 11 is 0. The summed E-state index contributed by atoms with van der Waals surface area (Å²) in [4.78, 5) is 20.1. The van der Waals surface area contributed by atoms with Gasteiger partial charge in [0.25, 0.3) is 0 Å². The summed E-state index contributed by atoms with van der Waals surface area (Å²) in [6, 6.07) is 9.53. The Morgan fingerprint density at radius 2 is 2.04 bits per heavy atom. The molecule has 2 N–H and O–H groups in total. The van der Waals surface area contributed by atoms with Crippen LogP contribution in [-0.2, 0) is 11.3 Å². The summed E-state index contributed by atoms with van der Waals surface area (Å²) in [5, 5.41) is 5.88. The van der Waals surface area contributed by atoms with Crippen molar-refractivity contribution in [1.82, 2.24) is 15.3 Å². The Bertz CT molecular complexity index is 680. The molecule has 0 unspecified atom stereocenters.